The van der Waals surface area contributed by atoms with Crippen LogP contribution in [0.25, 0.3) is 66.9 Å². The van der Waals surface area contributed by atoms with Gasteiger partial charge in [0.25, 0.3) is 0 Å². The summed E-state index contributed by atoms with van der Waals surface area (Å²) >= 11 is 0. The molecule has 28 heteroatoms. The van der Waals surface area contributed by atoms with E-state index < -0.39 is 5.82 Å². The second kappa shape index (κ2) is 36.1. The molecule has 26 nitrogen and oxygen atoms in total. The highest BCUT2D eigenvalue weighted by Crippen LogP contribution is 2.39. The van der Waals surface area contributed by atoms with Gasteiger partial charge in [0.05, 0.1) is 48.5 Å². The first kappa shape index (κ1) is 80.5. The van der Waals surface area contributed by atoms with Crippen molar-refractivity contribution in [2.75, 3.05) is 70.7 Å². The van der Waals surface area contributed by atoms with Gasteiger partial charge in [0.15, 0.2) is 34.3 Å². The fourth-order valence-corrected chi connectivity index (χ4v) is 15.3. The number of nitrogens with zero attached hydrogens (tertiary/aromatic N) is 15. The molecule has 0 radical (unpaired) electrons. The number of aromatic nitrogens is 12. The molecule has 594 valence electrons. The monoisotopic (exact) mass is 1560 g/mol. The molecule has 3 saturated heterocycles. The predicted molar refractivity (Wildman–Crippen MR) is 440 cm³/mol. The summed E-state index contributed by atoms with van der Waals surface area (Å²) in [5, 5.41) is 16.8. The highest BCUT2D eigenvalue weighted by molar-refractivity contribution is 6.02. The lowest BCUT2D eigenvalue weighted by molar-refractivity contribution is -0.128. The number of ketones is 3. The summed E-state index contributed by atoms with van der Waals surface area (Å²) in [5.41, 5.74) is 31.3. The fraction of sp³-hybridized carbons (Fsp3) is 0.284. The molecule has 15 rings (SSSR count). The number of Topliss-reactive ketones (excluding diaryl/α,β-unsaturated/α-hetero) is 3. The fourth-order valence-electron chi connectivity index (χ4n) is 15.3. The van der Waals surface area contributed by atoms with Gasteiger partial charge < -0.3 is 41.4 Å². The van der Waals surface area contributed by atoms with Crippen LogP contribution in [0.5, 0.6) is 11.5 Å². The van der Waals surface area contributed by atoms with Crippen LogP contribution in [-0.2, 0) is 33.6 Å². The highest BCUT2D eigenvalue weighted by atomic mass is 19.1. The number of hydrogen-bond acceptors (Lipinski definition) is 20. The molecule has 6 aromatic carbocycles. The standard InChI is InChI=1S/C30H32N6O4.2C29H29FN6O2/c1-4-26(38)35-13-5-6-22(17-35)36-30-27(29(31)32-18-33-30)28(34-36)20-10-7-19(8-11-20)9-12-25(37)21-14-23(39-2)16-24(15-21)40-3;1-3-25(38)35-14-4-5-22(16-35)36-29-26(28(31)32-17-33-29)27(34-36)20-10-7-19(8-11-20)9-13-24(37)23-15-21(30)12-6-18(23)2;1-3-25(38)35-14-4-5-22(16-35)36-29-26(28(31)32-17-33-29)27(34-36)20-9-6-19(7-10-20)8-13-24(37)23-12-11-21(30)15-18(23)2/h4,7-8,10-11,14-16,18,22H,1,5-6,9,12-13,17H2,2-3H3,(H2,31,32,33);3,6-8,10-12,15,17,22H,1,4-5,9,13-14,16H2,2H3,(H2,31,32,33);3,6-7,9-12,15,17,22H,1,4-5,8,13-14,16H2,2H3,(H2,31,32,33). The number of amides is 3. The number of benzene rings is 6. The number of halogens is 2. The van der Waals surface area contributed by atoms with E-state index in [1.165, 1.54) is 61.5 Å². The summed E-state index contributed by atoms with van der Waals surface area (Å²) in [6.45, 7) is 18.0. The summed E-state index contributed by atoms with van der Waals surface area (Å²) < 4.78 is 43.2. The number of fused-ring (bicyclic) bond motifs is 3. The van der Waals surface area contributed by atoms with E-state index in [1.807, 2.05) is 93.8 Å². The maximum Gasteiger partial charge on any atom is 0.246 e. The van der Waals surface area contributed by atoms with Crippen LogP contribution in [-0.4, -0.2) is 163 Å². The van der Waals surface area contributed by atoms with Gasteiger partial charge in [-0.15, -0.1) is 0 Å². The van der Waals surface area contributed by atoms with Crippen molar-refractivity contribution in [3.05, 3.63) is 240 Å². The number of nitrogen functional groups attached to an aromatic ring is 3. The van der Waals surface area contributed by atoms with E-state index in [1.54, 1.807) is 66.2 Å². The SMILES string of the molecule is C=CC(=O)N1CCCC(n2nc(-c3ccc(CCC(=O)c4cc(F)ccc4C)cc3)c3c(N)ncnc32)C1.C=CC(=O)N1CCCC(n2nc(-c3ccc(CCC(=O)c4cc(OC)cc(OC)c4)cc3)c3c(N)ncnc32)C1.C=CC(=O)N1CCCC(n2nc(-c3ccc(CCC(=O)c4ccc(F)cc4C)cc3)c3c(N)ncnc32)C1. The summed E-state index contributed by atoms with van der Waals surface area (Å²) in [7, 11) is 3.12. The van der Waals surface area contributed by atoms with E-state index in [9.17, 15) is 37.5 Å². The largest absolute Gasteiger partial charge is 0.497 e. The second-order valence-electron chi connectivity index (χ2n) is 29.0. The van der Waals surface area contributed by atoms with E-state index in [4.69, 9.17) is 42.0 Å². The maximum atomic E-state index is 13.6. The molecule has 6 aromatic heterocycles. The number of aryl methyl sites for hydroxylation is 5. The van der Waals surface area contributed by atoms with E-state index in [0.717, 1.165) is 77.5 Å². The van der Waals surface area contributed by atoms with Crippen molar-refractivity contribution in [3.63, 3.8) is 0 Å². The number of hydrogen-bond donors (Lipinski definition) is 3. The zero-order valence-corrected chi connectivity index (χ0v) is 65.1. The average Bonchev–Trinajstić information content (AvgIpc) is 1.62. The highest BCUT2D eigenvalue weighted by Gasteiger charge is 2.32. The molecule has 3 fully saturated rings. The molecule has 0 bridgehead atoms. The van der Waals surface area contributed by atoms with Crippen molar-refractivity contribution in [2.45, 2.75) is 109 Å². The lowest BCUT2D eigenvalue weighted by Gasteiger charge is -2.32. The zero-order valence-electron chi connectivity index (χ0n) is 65.1. The van der Waals surface area contributed by atoms with Crippen LogP contribution in [0.15, 0.2) is 184 Å². The summed E-state index contributed by atoms with van der Waals surface area (Å²) in [4.78, 5) is 106. The smallest absolute Gasteiger partial charge is 0.246 e. The van der Waals surface area contributed by atoms with E-state index >= 15 is 0 Å². The summed E-state index contributed by atoms with van der Waals surface area (Å²) in [6, 6.07) is 37.2. The van der Waals surface area contributed by atoms with E-state index in [0.29, 0.717) is 173 Å². The first-order valence-corrected chi connectivity index (χ1v) is 38.5. The normalized spacial score (nSPS) is 15.4. The van der Waals surface area contributed by atoms with Crippen LogP contribution < -0.4 is 26.7 Å². The average molecular weight is 1570 g/mol. The van der Waals surface area contributed by atoms with Crippen LogP contribution in [0.4, 0.5) is 26.2 Å². The molecule has 0 aliphatic carbocycles. The maximum absolute atomic E-state index is 13.6. The minimum absolute atomic E-state index is 0.00685. The zero-order chi connectivity index (χ0) is 81.8. The Morgan fingerprint density at radius 1 is 0.431 bits per heavy atom. The second-order valence-corrected chi connectivity index (χ2v) is 29.0. The molecular formula is C88H90F2N18O8. The van der Waals surface area contributed by atoms with Gasteiger partial charge in [0.2, 0.25) is 17.7 Å². The Morgan fingerprint density at radius 3 is 1.13 bits per heavy atom. The minimum Gasteiger partial charge on any atom is -0.497 e. The lowest BCUT2D eigenvalue weighted by atomic mass is 9.98. The van der Waals surface area contributed by atoms with Crippen molar-refractivity contribution in [3.8, 4) is 45.3 Å². The van der Waals surface area contributed by atoms with Crippen molar-refractivity contribution >= 4 is 85.6 Å². The van der Waals surface area contributed by atoms with Crippen LogP contribution in [0, 0.1) is 25.5 Å². The van der Waals surface area contributed by atoms with Gasteiger partial charge >= 0.3 is 0 Å². The number of anilines is 3. The third-order valence-electron chi connectivity index (χ3n) is 21.5. The Labute approximate surface area is 668 Å². The van der Waals surface area contributed by atoms with Gasteiger partial charge in [-0.2, -0.15) is 15.3 Å². The Kier molecular flexibility index (Phi) is 25.0. The number of rotatable bonds is 23. The van der Waals surface area contributed by atoms with E-state index in [-0.39, 0.29) is 65.4 Å². The third kappa shape index (κ3) is 17.9. The van der Waals surface area contributed by atoms with Crippen LogP contribution in [0.3, 0.4) is 0 Å². The Balaban J connectivity index is 0.000000151. The van der Waals surface area contributed by atoms with Crippen molar-refractivity contribution in [1.29, 1.82) is 0 Å². The number of carbonyl (C=O) groups is 6. The first-order valence-electron chi connectivity index (χ1n) is 38.5. The molecule has 9 heterocycles. The molecule has 3 atom stereocenters. The molecule has 6 N–H and O–H groups in total. The van der Waals surface area contributed by atoms with Gasteiger partial charge in [-0.25, -0.2) is 52.7 Å². The first-order chi connectivity index (χ1) is 56.1. The van der Waals surface area contributed by atoms with Gasteiger partial charge in [-0.3, -0.25) is 28.8 Å². The Bertz CT molecular complexity index is 5700. The number of ether oxygens (including phenoxy) is 2. The number of carbonyl (C=O) groups excluding carboxylic acids is 6. The van der Waals surface area contributed by atoms with Crippen molar-refractivity contribution in [2.24, 2.45) is 0 Å². The predicted octanol–water partition coefficient (Wildman–Crippen LogP) is 13.6. The van der Waals surface area contributed by atoms with Crippen molar-refractivity contribution < 1.29 is 47.0 Å². The molecule has 0 spiro atoms. The molecule has 0 saturated carbocycles. The van der Waals surface area contributed by atoms with Crippen LogP contribution >= 0.6 is 0 Å². The van der Waals surface area contributed by atoms with Gasteiger partial charge in [0.1, 0.15) is 76.7 Å². The van der Waals surface area contributed by atoms with E-state index in [2.05, 4.69) is 49.6 Å². The molecular weight excluding hydrogens is 1480 g/mol. The Morgan fingerprint density at radius 2 is 0.776 bits per heavy atom. The minimum atomic E-state index is -0.411. The molecule has 12 aromatic rings. The number of piperidine rings is 3. The quantitative estimate of drug-likeness (QED) is 0.0395. The lowest BCUT2D eigenvalue weighted by Crippen LogP contribution is -2.40. The summed E-state index contributed by atoms with van der Waals surface area (Å²) in [5.74, 6) is 1.06. The van der Waals surface area contributed by atoms with Crippen molar-refractivity contribution in [1.82, 2.24) is 73.9 Å². The molecule has 3 amide bonds. The molecule has 3 aliphatic heterocycles. The molecule has 3 unspecified atom stereocenters. The van der Waals surface area contributed by atoms with Gasteiger partial charge in [0, 0.05) is 98.0 Å². The topological polar surface area (TPSA) is 339 Å². The number of methoxy groups -OCH3 is 2. The summed E-state index contributed by atoms with van der Waals surface area (Å²) in [6.07, 6.45) is 16.1. The van der Waals surface area contributed by atoms with Crippen LogP contribution in [0.2, 0.25) is 0 Å². The number of nitrogens with two attached hydrogens (primary N) is 3. The van der Waals surface area contributed by atoms with Gasteiger partial charge in [-0.1, -0.05) is 98.6 Å². The van der Waals surface area contributed by atoms with Gasteiger partial charge in [-0.05, 0) is 160 Å². The molecule has 116 heavy (non-hydrogen) atoms. The third-order valence-corrected chi connectivity index (χ3v) is 21.5. The Hall–Kier alpha value is -13.5. The number of likely N-dealkylation sites (tertiary alicyclic amines) is 3. The molecule has 3 aliphatic rings. The van der Waals surface area contributed by atoms with Crippen LogP contribution in [0.1, 0.15) is 135 Å².